The lowest BCUT2D eigenvalue weighted by Gasteiger charge is -2.12. The van der Waals surface area contributed by atoms with Gasteiger partial charge in [0.15, 0.2) is 5.69 Å². The van der Waals surface area contributed by atoms with Crippen LogP contribution < -0.4 is 5.73 Å². The molecule has 2 nitrogen and oxygen atoms in total. The van der Waals surface area contributed by atoms with E-state index in [4.69, 9.17) is 5.73 Å². The minimum Gasteiger partial charge on any atom is -0.396 e. The van der Waals surface area contributed by atoms with Crippen molar-refractivity contribution in [3.63, 3.8) is 0 Å². The number of halogens is 3. The lowest BCUT2D eigenvalue weighted by Crippen LogP contribution is -2.12. The minimum absolute atomic E-state index is 0.341. The molecule has 0 aliphatic rings. The first-order valence-corrected chi connectivity index (χ1v) is 4.87. The Morgan fingerprint density at radius 3 is 2.24 bits per heavy atom. The first-order chi connectivity index (χ1) is 8.00. The topological polar surface area (TPSA) is 38.9 Å². The molecule has 2 N–H and O–H groups in total. The van der Waals surface area contributed by atoms with Crippen molar-refractivity contribution in [2.75, 3.05) is 5.73 Å². The minimum atomic E-state index is -4.53. The van der Waals surface area contributed by atoms with E-state index in [0.717, 1.165) is 6.20 Å². The lowest BCUT2D eigenvalue weighted by molar-refractivity contribution is -0.140. The Labute approximate surface area is 95.9 Å². The lowest BCUT2D eigenvalue weighted by atomic mass is 10.0. The Morgan fingerprint density at radius 1 is 1.00 bits per heavy atom. The maximum atomic E-state index is 12.6. The molecule has 0 aliphatic heterocycles. The van der Waals surface area contributed by atoms with E-state index in [1.165, 1.54) is 6.07 Å². The first-order valence-electron chi connectivity index (χ1n) is 4.87. The third kappa shape index (κ3) is 2.22. The summed E-state index contributed by atoms with van der Waals surface area (Å²) in [5, 5.41) is 0. The van der Waals surface area contributed by atoms with Crippen LogP contribution in [0.15, 0.2) is 42.6 Å². The molecule has 1 aromatic carbocycles. The summed E-state index contributed by atoms with van der Waals surface area (Å²) in [7, 11) is 0. The van der Waals surface area contributed by atoms with E-state index in [9.17, 15) is 13.2 Å². The van der Waals surface area contributed by atoms with Crippen LogP contribution in [0.4, 0.5) is 18.9 Å². The van der Waals surface area contributed by atoms with Crippen LogP contribution in [0.1, 0.15) is 5.69 Å². The predicted octanol–water partition coefficient (Wildman–Crippen LogP) is 3.35. The van der Waals surface area contributed by atoms with Crippen molar-refractivity contribution in [3.05, 3.63) is 48.3 Å². The number of rotatable bonds is 1. The van der Waals surface area contributed by atoms with Crippen LogP contribution in [-0.2, 0) is 6.18 Å². The molecule has 5 heteroatoms. The number of hydrogen-bond donors (Lipinski definition) is 1. The summed E-state index contributed by atoms with van der Waals surface area (Å²) in [6.07, 6.45) is -3.42. The van der Waals surface area contributed by atoms with Crippen molar-refractivity contribution in [1.82, 2.24) is 4.98 Å². The Bertz CT molecular complexity index is 521. The average molecular weight is 238 g/mol. The highest BCUT2D eigenvalue weighted by atomic mass is 19.4. The molecule has 2 rings (SSSR count). The second-order valence-corrected chi connectivity index (χ2v) is 3.48. The molecule has 0 bridgehead atoms. The van der Waals surface area contributed by atoms with Gasteiger partial charge in [0, 0.05) is 11.8 Å². The SMILES string of the molecule is Nc1c(-c2ccccc2)ccnc1C(F)(F)F. The molecule has 2 aromatic rings. The number of alkyl halides is 3. The van der Waals surface area contributed by atoms with Gasteiger partial charge in [-0.25, -0.2) is 4.98 Å². The maximum Gasteiger partial charge on any atom is 0.435 e. The molecule has 0 saturated heterocycles. The normalized spacial score (nSPS) is 11.5. The zero-order valence-electron chi connectivity index (χ0n) is 8.70. The van der Waals surface area contributed by atoms with Crippen molar-refractivity contribution >= 4 is 5.69 Å². The summed E-state index contributed by atoms with van der Waals surface area (Å²) in [4.78, 5) is 3.29. The Kier molecular flexibility index (Phi) is 2.75. The van der Waals surface area contributed by atoms with Gasteiger partial charge in [0.1, 0.15) is 0 Å². The van der Waals surface area contributed by atoms with Gasteiger partial charge >= 0.3 is 6.18 Å². The fraction of sp³-hybridized carbons (Fsp3) is 0.0833. The van der Waals surface area contributed by atoms with Crippen molar-refractivity contribution in [1.29, 1.82) is 0 Å². The first kappa shape index (κ1) is 11.4. The molecule has 0 radical (unpaired) electrons. The van der Waals surface area contributed by atoms with Crippen molar-refractivity contribution in [3.8, 4) is 11.1 Å². The van der Waals surface area contributed by atoms with Crippen LogP contribution in [0.5, 0.6) is 0 Å². The van der Waals surface area contributed by atoms with Crippen LogP contribution >= 0.6 is 0 Å². The molecule has 0 aliphatic carbocycles. The number of aromatic nitrogens is 1. The number of nitrogens with two attached hydrogens (primary N) is 1. The molecular weight excluding hydrogens is 229 g/mol. The fourth-order valence-electron chi connectivity index (χ4n) is 1.57. The van der Waals surface area contributed by atoms with Crippen LogP contribution in [-0.4, -0.2) is 4.98 Å². The van der Waals surface area contributed by atoms with Gasteiger partial charge in [-0.15, -0.1) is 0 Å². The Morgan fingerprint density at radius 2 is 1.65 bits per heavy atom. The monoisotopic (exact) mass is 238 g/mol. The van der Waals surface area contributed by atoms with Gasteiger partial charge < -0.3 is 5.73 Å². The average Bonchev–Trinajstić information content (AvgIpc) is 2.29. The van der Waals surface area contributed by atoms with E-state index in [-0.39, 0.29) is 5.69 Å². The van der Waals surface area contributed by atoms with Gasteiger partial charge in [-0.05, 0) is 11.6 Å². The second kappa shape index (κ2) is 4.08. The van der Waals surface area contributed by atoms with Crippen molar-refractivity contribution < 1.29 is 13.2 Å². The number of anilines is 1. The summed E-state index contributed by atoms with van der Waals surface area (Å²) < 4.78 is 37.8. The molecule has 0 atom stereocenters. The molecule has 1 aromatic heterocycles. The molecule has 0 amide bonds. The van der Waals surface area contributed by atoms with Crippen molar-refractivity contribution in [2.45, 2.75) is 6.18 Å². The van der Waals surface area contributed by atoms with Crippen LogP contribution in [0.3, 0.4) is 0 Å². The van der Waals surface area contributed by atoms with Crippen molar-refractivity contribution in [2.24, 2.45) is 0 Å². The number of nitrogen functional groups attached to an aromatic ring is 1. The summed E-state index contributed by atoms with van der Waals surface area (Å²) >= 11 is 0. The number of benzene rings is 1. The highest BCUT2D eigenvalue weighted by Gasteiger charge is 2.35. The molecule has 0 saturated carbocycles. The highest BCUT2D eigenvalue weighted by Crippen LogP contribution is 2.36. The van der Waals surface area contributed by atoms with Crippen LogP contribution in [0.25, 0.3) is 11.1 Å². The number of pyridine rings is 1. The van der Waals surface area contributed by atoms with E-state index in [1.54, 1.807) is 30.3 Å². The van der Waals surface area contributed by atoms with Gasteiger partial charge in [-0.3, -0.25) is 0 Å². The second-order valence-electron chi connectivity index (χ2n) is 3.48. The quantitative estimate of drug-likeness (QED) is 0.827. The molecule has 0 spiro atoms. The predicted molar refractivity (Wildman–Crippen MR) is 59.1 cm³/mol. The smallest absolute Gasteiger partial charge is 0.396 e. The standard InChI is InChI=1S/C12H9F3N2/c13-12(14,15)11-10(16)9(6-7-17-11)8-4-2-1-3-5-8/h1-7H,16H2. The van der Waals surface area contributed by atoms with E-state index < -0.39 is 11.9 Å². The maximum absolute atomic E-state index is 12.6. The van der Waals surface area contributed by atoms with Crippen LogP contribution in [0.2, 0.25) is 0 Å². The third-order valence-corrected chi connectivity index (χ3v) is 2.34. The van der Waals surface area contributed by atoms with E-state index in [0.29, 0.717) is 11.1 Å². The molecule has 88 valence electrons. The van der Waals surface area contributed by atoms with Gasteiger partial charge in [-0.2, -0.15) is 13.2 Å². The largest absolute Gasteiger partial charge is 0.435 e. The number of hydrogen-bond acceptors (Lipinski definition) is 2. The fourth-order valence-corrected chi connectivity index (χ4v) is 1.57. The summed E-state index contributed by atoms with van der Waals surface area (Å²) in [5.74, 6) is 0. The van der Waals surface area contributed by atoms with Gasteiger partial charge in [0.25, 0.3) is 0 Å². The van der Waals surface area contributed by atoms with E-state index in [2.05, 4.69) is 4.98 Å². The third-order valence-electron chi connectivity index (χ3n) is 2.34. The summed E-state index contributed by atoms with van der Waals surface area (Å²) in [6, 6.07) is 10.1. The Balaban J connectivity index is 2.58. The molecule has 0 fully saturated rings. The van der Waals surface area contributed by atoms with E-state index >= 15 is 0 Å². The molecule has 17 heavy (non-hydrogen) atoms. The Hall–Kier alpha value is -2.04. The van der Waals surface area contributed by atoms with Gasteiger partial charge in [-0.1, -0.05) is 30.3 Å². The summed E-state index contributed by atoms with van der Waals surface area (Å²) in [6.45, 7) is 0. The van der Waals surface area contributed by atoms with Crippen LogP contribution in [0, 0.1) is 0 Å². The van der Waals surface area contributed by atoms with E-state index in [1.807, 2.05) is 0 Å². The molecular formula is C12H9F3N2. The zero-order valence-corrected chi connectivity index (χ0v) is 8.70. The highest BCUT2D eigenvalue weighted by molar-refractivity contribution is 5.77. The number of nitrogens with zero attached hydrogens (tertiary/aromatic N) is 1. The summed E-state index contributed by atoms with van der Waals surface area (Å²) in [5.41, 5.74) is 5.11. The molecule has 0 unspecified atom stereocenters. The van der Waals surface area contributed by atoms with Gasteiger partial charge in [0.05, 0.1) is 5.69 Å². The molecule has 1 heterocycles. The zero-order chi connectivity index (χ0) is 12.5. The van der Waals surface area contributed by atoms with Gasteiger partial charge in [0.2, 0.25) is 0 Å².